The number of aromatic nitrogens is 2. The van der Waals surface area contributed by atoms with E-state index < -0.39 is 0 Å². The molecule has 0 aliphatic heterocycles. The molecule has 0 radical (unpaired) electrons. The highest BCUT2D eigenvalue weighted by Crippen LogP contribution is 2.40. The summed E-state index contributed by atoms with van der Waals surface area (Å²) in [5.41, 5.74) is 4.42. The van der Waals surface area contributed by atoms with Crippen LogP contribution in [0.4, 0.5) is 0 Å². The molecule has 2 heteroatoms. The Morgan fingerprint density at radius 2 is 1.67 bits per heavy atom. The van der Waals surface area contributed by atoms with Gasteiger partial charge in [0.05, 0.1) is 16.6 Å². The number of hydrogen-bond acceptors (Lipinski definition) is 2. The lowest BCUT2D eigenvalue weighted by molar-refractivity contribution is 1.05. The Kier molecular flexibility index (Phi) is 2.14. The Morgan fingerprint density at radius 1 is 0.762 bits per heavy atom. The Morgan fingerprint density at radius 3 is 2.57 bits per heavy atom. The Bertz CT molecular complexity index is 1000. The van der Waals surface area contributed by atoms with Crippen molar-refractivity contribution in [3.05, 3.63) is 60.3 Å². The van der Waals surface area contributed by atoms with Crippen molar-refractivity contribution in [2.75, 3.05) is 0 Å². The molecule has 0 bridgehead atoms. The van der Waals surface area contributed by atoms with E-state index in [0.717, 1.165) is 16.6 Å². The van der Waals surface area contributed by atoms with Gasteiger partial charge in [-0.3, -0.25) is 4.98 Å². The van der Waals surface area contributed by atoms with Gasteiger partial charge >= 0.3 is 0 Å². The maximum absolute atomic E-state index is 5.01. The summed E-state index contributed by atoms with van der Waals surface area (Å²) in [6, 6.07) is 19.0. The van der Waals surface area contributed by atoms with Gasteiger partial charge in [0.15, 0.2) is 0 Å². The molecule has 1 fully saturated rings. The standard InChI is InChI=1S/C19H14N2/c1-2-6-16-14(5-1)18-17(20-16)11-10-13-4-3-7-15(12-8-9-12)21-19(13)18/h1-7,10-12H,8-9H2. The molecular weight excluding hydrogens is 256 g/mol. The van der Waals surface area contributed by atoms with Gasteiger partial charge in [0.1, 0.15) is 0 Å². The molecule has 0 spiro atoms. The van der Waals surface area contributed by atoms with Crippen LogP contribution in [0.1, 0.15) is 24.5 Å². The highest BCUT2D eigenvalue weighted by molar-refractivity contribution is 6.18. The van der Waals surface area contributed by atoms with Crippen LogP contribution in [-0.4, -0.2) is 9.97 Å². The van der Waals surface area contributed by atoms with E-state index in [1.54, 1.807) is 0 Å². The molecule has 0 N–H and O–H groups in total. The normalized spacial score (nSPS) is 15.0. The maximum atomic E-state index is 5.01. The van der Waals surface area contributed by atoms with E-state index in [9.17, 15) is 0 Å². The third-order valence-electron chi connectivity index (χ3n) is 4.38. The summed E-state index contributed by atoms with van der Waals surface area (Å²) in [6.07, 6.45) is 2.54. The summed E-state index contributed by atoms with van der Waals surface area (Å²) in [7, 11) is 0. The summed E-state index contributed by atoms with van der Waals surface area (Å²) in [5.74, 6) is 0.657. The molecule has 1 aliphatic rings. The molecule has 0 amide bonds. The fourth-order valence-electron chi connectivity index (χ4n) is 3.15. The quantitative estimate of drug-likeness (QED) is 0.496. The van der Waals surface area contributed by atoms with E-state index in [1.165, 1.54) is 34.7 Å². The van der Waals surface area contributed by atoms with Crippen LogP contribution in [0.2, 0.25) is 0 Å². The van der Waals surface area contributed by atoms with Gasteiger partial charge in [0.25, 0.3) is 0 Å². The number of rotatable bonds is 1. The van der Waals surface area contributed by atoms with Crippen molar-refractivity contribution in [3.63, 3.8) is 0 Å². The molecule has 2 aromatic heterocycles. The van der Waals surface area contributed by atoms with E-state index >= 15 is 0 Å². The van der Waals surface area contributed by atoms with E-state index in [2.05, 4.69) is 48.5 Å². The van der Waals surface area contributed by atoms with Gasteiger partial charge in [0, 0.05) is 27.8 Å². The summed E-state index contributed by atoms with van der Waals surface area (Å²) in [4.78, 5) is 9.75. The van der Waals surface area contributed by atoms with Crippen LogP contribution in [0.15, 0.2) is 54.6 Å². The Hall–Kier alpha value is -2.48. The molecule has 2 aromatic carbocycles. The van der Waals surface area contributed by atoms with E-state index in [4.69, 9.17) is 9.97 Å². The fraction of sp³-hybridized carbons (Fsp3) is 0.158. The van der Waals surface area contributed by atoms with Gasteiger partial charge in [-0.25, -0.2) is 4.98 Å². The molecule has 1 aliphatic carbocycles. The number of benzene rings is 2. The lowest BCUT2D eigenvalue weighted by atomic mass is 10.1. The zero-order chi connectivity index (χ0) is 13.8. The van der Waals surface area contributed by atoms with E-state index in [0.29, 0.717) is 5.92 Å². The number of para-hydroxylation sites is 1. The second kappa shape index (κ2) is 4.01. The first-order valence-corrected chi connectivity index (χ1v) is 7.48. The largest absolute Gasteiger partial charge is 0.252 e. The van der Waals surface area contributed by atoms with Crippen LogP contribution in [0.5, 0.6) is 0 Å². The van der Waals surface area contributed by atoms with Crippen molar-refractivity contribution < 1.29 is 0 Å². The smallest absolute Gasteiger partial charge is 0.0806 e. The van der Waals surface area contributed by atoms with Crippen LogP contribution in [0.25, 0.3) is 32.7 Å². The third-order valence-corrected chi connectivity index (χ3v) is 4.38. The molecule has 1 saturated carbocycles. The first kappa shape index (κ1) is 11.2. The SMILES string of the molecule is c1cc(C2CC2)nc2c(c1)ccc1nc3ccccc3c12. The van der Waals surface area contributed by atoms with Crippen molar-refractivity contribution >= 4 is 32.7 Å². The first-order valence-electron chi connectivity index (χ1n) is 7.48. The van der Waals surface area contributed by atoms with E-state index in [-0.39, 0.29) is 0 Å². The average molecular weight is 270 g/mol. The maximum Gasteiger partial charge on any atom is 0.0806 e. The predicted molar refractivity (Wildman–Crippen MR) is 86.5 cm³/mol. The lowest BCUT2D eigenvalue weighted by Crippen LogP contribution is -1.82. The van der Waals surface area contributed by atoms with Crippen LogP contribution in [-0.2, 0) is 0 Å². The second-order valence-electron chi connectivity index (χ2n) is 5.86. The summed E-state index contributed by atoms with van der Waals surface area (Å²) < 4.78 is 0. The molecule has 21 heavy (non-hydrogen) atoms. The van der Waals surface area contributed by atoms with Gasteiger partial charge in [0.2, 0.25) is 0 Å². The minimum atomic E-state index is 0.657. The van der Waals surface area contributed by atoms with Crippen molar-refractivity contribution in [3.8, 4) is 0 Å². The van der Waals surface area contributed by atoms with Crippen molar-refractivity contribution in [1.82, 2.24) is 9.97 Å². The summed E-state index contributed by atoms with van der Waals surface area (Å²) >= 11 is 0. The van der Waals surface area contributed by atoms with Gasteiger partial charge < -0.3 is 0 Å². The van der Waals surface area contributed by atoms with Crippen LogP contribution >= 0.6 is 0 Å². The zero-order valence-electron chi connectivity index (χ0n) is 11.6. The first-order chi connectivity index (χ1) is 10.4. The molecule has 5 rings (SSSR count). The monoisotopic (exact) mass is 270 g/mol. The number of fused-ring (bicyclic) bond motifs is 5. The Balaban J connectivity index is 2.01. The molecule has 2 heterocycles. The molecule has 0 atom stereocenters. The van der Waals surface area contributed by atoms with Gasteiger partial charge in [-0.15, -0.1) is 0 Å². The highest BCUT2D eigenvalue weighted by atomic mass is 14.7. The summed E-state index contributed by atoms with van der Waals surface area (Å²) in [6.45, 7) is 0. The highest BCUT2D eigenvalue weighted by Gasteiger charge is 2.24. The molecule has 4 aromatic rings. The van der Waals surface area contributed by atoms with Crippen molar-refractivity contribution in [2.45, 2.75) is 18.8 Å². The van der Waals surface area contributed by atoms with Gasteiger partial charge in [-0.1, -0.05) is 36.4 Å². The van der Waals surface area contributed by atoms with E-state index in [1.807, 2.05) is 6.07 Å². The van der Waals surface area contributed by atoms with Gasteiger partial charge in [-0.05, 0) is 31.0 Å². The molecule has 100 valence electrons. The molecular formula is C19H14N2. The third kappa shape index (κ3) is 1.65. The molecule has 0 saturated heterocycles. The summed E-state index contributed by atoms with van der Waals surface area (Å²) in [5, 5.41) is 3.59. The topological polar surface area (TPSA) is 25.8 Å². The number of hydrogen-bond donors (Lipinski definition) is 0. The Labute approximate surface area is 122 Å². The van der Waals surface area contributed by atoms with Crippen LogP contribution < -0.4 is 0 Å². The van der Waals surface area contributed by atoms with Crippen molar-refractivity contribution in [1.29, 1.82) is 0 Å². The van der Waals surface area contributed by atoms with Gasteiger partial charge in [-0.2, -0.15) is 0 Å². The van der Waals surface area contributed by atoms with Crippen LogP contribution in [0.3, 0.4) is 0 Å². The lowest BCUT2D eigenvalue weighted by Gasteiger charge is -1.97. The zero-order valence-corrected chi connectivity index (χ0v) is 11.6. The minimum Gasteiger partial charge on any atom is -0.252 e. The molecule has 0 unspecified atom stereocenters. The predicted octanol–water partition coefficient (Wildman–Crippen LogP) is 4.81. The van der Waals surface area contributed by atoms with Crippen molar-refractivity contribution in [2.24, 2.45) is 0 Å². The van der Waals surface area contributed by atoms with Crippen LogP contribution in [0, 0.1) is 0 Å². The minimum absolute atomic E-state index is 0.657. The second-order valence-corrected chi connectivity index (χ2v) is 5.86. The average Bonchev–Trinajstić information content (AvgIpc) is 3.30. The molecule has 2 nitrogen and oxygen atoms in total. The fourth-order valence-corrected chi connectivity index (χ4v) is 3.15. The number of nitrogens with zero attached hydrogens (tertiary/aromatic N) is 2.